The molecule has 0 amide bonds. The van der Waals surface area contributed by atoms with Crippen molar-refractivity contribution < 1.29 is 29.6 Å². The van der Waals surface area contributed by atoms with E-state index < -0.39 is 54.9 Å². The number of carbonyl (C=O) groups is 1. The summed E-state index contributed by atoms with van der Waals surface area (Å²) in [6, 6.07) is 1.01. The predicted octanol–water partition coefficient (Wildman–Crippen LogP) is -2.64. The lowest BCUT2D eigenvalue weighted by atomic mass is 10.1. The minimum atomic E-state index is -1.35. The fourth-order valence-electron chi connectivity index (χ4n) is 2.35. The number of hydrogen-bond acceptors (Lipinski definition) is 7. The van der Waals surface area contributed by atoms with Gasteiger partial charge >= 0.3 is 11.7 Å². The van der Waals surface area contributed by atoms with Gasteiger partial charge in [0.25, 0.3) is 5.56 Å². The average molecular weight is 316 g/mol. The Morgan fingerprint density at radius 1 is 1.45 bits per heavy atom. The maximum absolute atomic E-state index is 12.3. The smallest absolute Gasteiger partial charge is 0.333 e. The molecule has 10 nitrogen and oxygen atoms in total. The molecular weight excluding hydrogens is 300 g/mol. The van der Waals surface area contributed by atoms with Crippen molar-refractivity contribution in [1.29, 1.82) is 0 Å². The Labute approximate surface area is 123 Å². The molecule has 0 unspecified atom stereocenters. The number of aliphatic hydroxyl groups is 2. The molecular formula is C12H16N2O8. The summed E-state index contributed by atoms with van der Waals surface area (Å²) in [6.07, 6.45) is -3.05. The van der Waals surface area contributed by atoms with Gasteiger partial charge in [-0.15, -0.1) is 0 Å². The summed E-state index contributed by atoms with van der Waals surface area (Å²) in [7, 11) is 1.29. The van der Waals surface area contributed by atoms with Gasteiger partial charge in [0.15, 0.2) is 6.23 Å². The molecule has 22 heavy (non-hydrogen) atoms. The third-order valence-electron chi connectivity index (χ3n) is 3.43. The van der Waals surface area contributed by atoms with Crippen molar-refractivity contribution in [3.63, 3.8) is 0 Å². The van der Waals surface area contributed by atoms with E-state index in [0.717, 1.165) is 16.8 Å². The molecule has 0 aliphatic carbocycles. The molecule has 1 fully saturated rings. The molecule has 0 bridgehead atoms. The van der Waals surface area contributed by atoms with Crippen LogP contribution in [0.2, 0.25) is 0 Å². The first-order valence-corrected chi connectivity index (χ1v) is 6.41. The minimum absolute atomic E-state index is 0.485. The van der Waals surface area contributed by atoms with Crippen molar-refractivity contribution in [3.05, 3.63) is 33.1 Å². The number of nitrogens with zero attached hydrogens (tertiary/aromatic N) is 2. The van der Waals surface area contributed by atoms with Crippen LogP contribution in [0, 0.1) is 0 Å². The fraction of sp³-hybridized carbons (Fsp3) is 0.583. The number of aliphatic carboxylic acids is 1. The van der Waals surface area contributed by atoms with Crippen LogP contribution in [0.4, 0.5) is 0 Å². The number of ether oxygens (including phenoxy) is 2. The Hall–Kier alpha value is -2.01. The van der Waals surface area contributed by atoms with E-state index in [2.05, 4.69) is 0 Å². The van der Waals surface area contributed by atoms with Gasteiger partial charge in [-0.1, -0.05) is 0 Å². The second kappa shape index (κ2) is 6.40. The molecule has 0 saturated carbocycles. The van der Waals surface area contributed by atoms with E-state index in [9.17, 15) is 19.5 Å². The Kier molecular flexibility index (Phi) is 4.76. The van der Waals surface area contributed by atoms with Crippen LogP contribution in [-0.2, 0) is 20.8 Å². The molecule has 1 aliphatic rings. The predicted molar refractivity (Wildman–Crippen MR) is 70.4 cm³/mol. The monoisotopic (exact) mass is 316 g/mol. The summed E-state index contributed by atoms with van der Waals surface area (Å²) in [4.78, 5) is 34.6. The Balaban J connectivity index is 2.47. The lowest BCUT2D eigenvalue weighted by Gasteiger charge is -2.21. The van der Waals surface area contributed by atoms with Gasteiger partial charge in [0.1, 0.15) is 24.9 Å². The zero-order valence-corrected chi connectivity index (χ0v) is 11.7. The molecule has 1 aliphatic heterocycles. The third-order valence-corrected chi connectivity index (χ3v) is 3.43. The van der Waals surface area contributed by atoms with Crippen molar-refractivity contribution in [2.45, 2.75) is 31.1 Å². The zero-order chi connectivity index (χ0) is 16.4. The molecule has 0 aromatic carbocycles. The third kappa shape index (κ3) is 2.81. The highest BCUT2D eigenvalue weighted by atomic mass is 16.6. The van der Waals surface area contributed by atoms with Gasteiger partial charge in [-0.2, -0.15) is 0 Å². The van der Waals surface area contributed by atoms with Crippen LogP contribution in [0.15, 0.2) is 21.9 Å². The van der Waals surface area contributed by atoms with E-state index in [1.165, 1.54) is 7.11 Å². The molecule has 2 rings (SSSR count). The van der Waals surface area contributed by atoms with Crippen LogP contribution in [0.3, 0.4) is 0 Å². The summed E-state index contributed by atoms with van der Waals surface area (Å²) in [5.74, 6) is -1.35. The maximum Gasteiger partial charge on any atom is 0.333 e. The maximum atomic E-state index is 12.3. The lowest BCUT2D eigenvalue weighted by molar-refractivity contribution is -0.137. The normalized spacial score (nSPS) is 28.0. The van der Waals surface area contributed by atoms with Crippen LogP contribution in [0.1, 0.15) is 6.23 Å². The highest BCUT2D eigenvalue weighted by molar-refractivity contribution is 5.66. The topological polar surface area (TPSA) is 140 Å². The van der Waals surface area contributed by atoms with Gasteiger partial charge in [-0.3, -0.25) is 14.2 Å². The fourth-order valence-corrected chi connectivity index (χ4v) is 2.35. The highest BCUT2D eigenvalue weighted by Crippen LogP contribution is 2.29. The standard InChI is InChI=1S/C12H16N2O8/c1-21-10-9(19)6(5-15)22-11(10)13-3-2-7(16)14(12(13)20)4-8(17)18/h2-3,6,9-11,15,19H,4-5H2,1H3,(H,17,18)/t6-,9-,10-,11-/m1/s1. The van der Waals surface area contributed by atoms with Crippen molar-refractivity contribution in [1.82, 2.24) is 9.13 Å². The summed E-state index contributed by atoms with van der Waals surface area (Å²) in [5, 5.41) is 27.8. The number of aliphatic hydroxyl groups excluding tert-OH is 2. The summed E-state index contributed by atoms with van der Waals surface area (Å²) >= 11 is 0. The molecule has 122 valence electrons. The second-order valence-electron chi connectivity index (χ2n) is 4.76. The van der Waals surface area contributed by atoms with Crippen molar-refractivity contribution in [2.75, 3.05) is 13.7 Å². The van der Waals surface area contributed by atoms with Gasteiger partial charge in [-0.25, -0.2) is 9.36 Å². The molecule has 10 heteroatoms. The van der Waals surface area contributed by atoms with Crippen molar-refractivity contribution in [3.8, 4) is 0 Å². The number of methoxy groups -OCH3 is 1. The van der Waals surface area contributed by atoms with Crippen molar-refractivity contribution >= 4 is 5.97 Å². The zero-order valence-electron chi connectivity index (χ0n) is 11.7. The lowest BCUT2D eigenvalue weighted by Crippen LogP contribution is -2.44. The van der Waals surface area contributed by atoms with Gasteiger partial charge in [0.05, 0.1) is 6.61 Å². The highest BCUT2D eigenvalue weighted by Gasteiger charge is 2.45. The van der Waals surface area contributed by atoms with Crippen LogP contribution in [0.25, 0.3) is 0 Å². The molecule has 1 saturated heterocycles. The molecule has 0 spiro atoms. The minimum Gasteiger partial charge on any atom is -0.480 e. The van der Waals surface area contributed by atoms with Crippen LogP contribution >= 0.6 is 0 Å². The largest absolute Gasteiger partial charge is 0.480 e. The quantitative estimate of drug-likeness (QED) is 0.535. The molecule has 2 heterocycles. The van der Waals surface area contributed by atoms with Gasteiger partial charge in [-0.05, 0) is 0 Å². The first-order chi connectivity index (χ1) is 10.4. The Morgan fingerprint density at radius 2 is 2.14 bits per heavy atom. The Bertz CT molecular complexity index is 666. The van der Waals surface area contributed by atoms with E-state index in [0.29, 0.717) is 4.57 Å². The number of aromatic nitrogens is 2. The van der Waals surface area contributed by atoms with E-state index >= 15 is 0 Å². The molecule has 0 radical (unpaired) electrons. The van der Waals surface area contributed by atoms with E-state index in [1.54, 1.807) is 0 Å². The summed E-state index contributed by atoms with van der Waals surface area (Å²) in [6.45, 7) is -1.28. The second-order valence-corrected chi connectivity index (χ2v) is 4.76. The van der Waals surface area contributed by atoms with Crippen LogP contribution in [0.5, 0.6) is 0 Å². The number of hydrogen-bond donors (Lipinski definition) is 3. The van der Waals surface area contributed by atoms with E-state index in [4.69, 9.17) is 19.7 Å². The molecule has 1 aromatic heterocycles. The van der Waals surface area contributed by atoms with E-state index in [1.807, 2.05) is 0 Å². The molecule has 1 aromatic rings. The van der Waals surface area contributed by atoms with Gasteiger partial charge < -0.3 is 24.8 Å². The van der Waals surface area contributed by atoms with Gasteiger partial charge in [0.2, 0.25) is 0 Å². The number of carboxylic acids is 1. The average Bonchev–Trinajstić information content (AvgIpc) is 2.79. The number of carboxylic acid groups (broad SMARTS) is 1. The molecule has 3 N–H and O–H groups in total. The van der Waals surface area contributed by atoms with E-state index in [-0.39, 0.29) is 0 Å². The van der Waals surface area contributed by atoms with Crippen molar-refractivity contribution in [2.24, 2.45) is 0 Å². The first kappa shape index (κ1) is 16.4. The van der Waals surface area contributed by atoms with Crippen LogP contribution < -0.4 is 11.2 Å². The SMILES string of the molecule is CO[C@@H]1[C@H](O)[C@@H](CO)O[C@H]1n1ccc(=O)n(CC(=O)O)c1=O. The number of rotatable bonds is 5. The van der Waals surface area contributed by atoms with Crippen LogP contribution in [-0.4, -0.2) is 62.5 Å². The first-order valence-electron chi connectivity index (χ1n) is 6.41. The van der Waals surface area contributed by atoms with Gasteiger partial charge in [0, 0.05) is 19.4 Å². The summed E-state index contributed by atoms with van der Waals surface area (Å²) in [5.41, 5.74) is -1.68. The molecule has 4 atom stereocenters. The Morgan fingerprint density at radius 3 is 2.68 bits per heavy atom. The summed E-state index contributed by atoms with van der Waals surface area (Å²) < 4.78 is 11.9.